The van der Waals surface area contributed by atoms with Gasteiger partial charge in [-0.1, -0.05) is 18.2 Å². The molecular formula is C22H30FIN4O. The molecule has 0 bridgehead atoms. The Morgan fingerprint density at radius 3 is 2.79 bits per heavy atom. The van der Waals surface area contributed by atoms with Gasteiger partial charge in [-0.15, -0.1) is 24.0 Å². The molecule has 1 atom stereocenters. The van der Waals surface area contributed by atoms with Gasteiger partial charge in [0.15, 0.2) is 5.96 Å². The molecule has 1 aliphatic rings. The lowest BCUT2D eigenvalue weighted by molar-refractivity contribution is 0.415. The van der Waals surface area contributed by atoms with Gasteiger partial charge in [0.1, 0.15) is 11.6 Å². The Kier molecular flexibility index (Phi) is 9.50. The Bertz CT molecular complexity index is 802. The van der Waals surface area contributed by atoms with Crippen molar-refractivity contribution in [1.29, 1.82) is 0 Å². The number of nitrogens with one attached hydrogen (secondary N) is 2. The monoisotopic (exact) mass is 512 g/mol. The van der Waals surface area contributed by atoms with Gasteiger partial charge in [-0.2, -0.15) is 0 Å². The van der Waals surface area contributed by atoms with E-state index in [0.29, 0.717) is 12.5 Å². The molecular weight excluding hydrogens is 482 g/mol. The van der Waals surface area contributed by atoms with Crippen molar-refractivity contribution in [2.45, 2.75) is 19.9 Å². The summed E-state index contributed by atoms with van der Waals surface area (Å²) in [6, 6.07) is 14.8. The van der Waals surface area contributed by atoms with Crippen molar-refractivity contribution in [2.24, 2.45) is 10.9 Å². The first-order valence-corrected chi connectivity index (χ1v) is 9.83. The molecule has 2 N–H and O–H groups in total. The van der Waals surface area contributed by atoms with Crippen molar-refractivity contribution < 1.29 is 9.13 Å². The molecule has 3 rings (SSSR count). The summed E-state index contributed by atoms with van der Waals surface area (Å²) in [6.45, 7) is 6.18. The average molecular weight is 512 g/mol. The van der Waals surface area contributed by atoms with E-state index in [2.05, 4.69) is 32.7 Å². The zero-order valence-electron chi connectivity index (χ0n) is 17.0. The van der Waals surface area contributed by atoms with Gasteiger partial charge in [0.05, 0.1) is 13.7 Å². The third-order valence-corrected chi connectivity index (χ3v) is 4.92. The molecule has 1 fully saturated rings. The second-order valence-electron chi connectivity index (χ2n) is 7.01. The lowest BCUT2D eigenvalue weighted by Crippen LogP contribution is -2.40. The summed E-state index contributed by atoms with van der Waals surface area (Å²) in [4.78, 5) is 6.98. The van der Waals surface area contributed by atoms with Crippen LogP contribution in [0.15, 0.2) is 53.5 Å². The topological polar surface area (TPSA) is 48.9 Å². The highest BCUT2D eigenvalue weighted by molar-refractivity contribution is 14.0. The number of ether oxygens (including phenoxy) is 1. The van der Waals surface area contributed by atoms with E-state index >= 15 is 0 Å². The van der Waals surface area contributed by atoms with Crippen LogP contribution < -0.4 is 20.3 Å². The summed E-state index contributed by atoms with van der Waals surface area (Å²) in [7, 11) is 1.70. The van der Waals surface area contributed by atoms with Crippen LogP contribution in [0.5, 0.6) is 5.75 Å². The molecule has 0 aliphatic carbocycles. The minimum Gasteiger partial charge on any atom is -0.497 e. The van der Waals surface area contributed by atoms with Crippen LogP contribution in [0, 0.1) is 11.7 Å². The first kappa shape index (κ1) is 23.3. The Morgan fingerprint density at radius 1 is 1.21 bits per heavy atom. The van der Waals surface area contributed by atoms with Gasteiger partial charge in [0.25, 0.3) is 0 Å². The van der Waals surface area contributed by atoms with Gasteiger partial charge in [0.2, 0.25) is 0 Å². The fourth-order valence-corrected chi connectivity index (χ4v) is 3.43. The lowest BCUT2D eigenvalue weighted by Gasteiger charge is -2.20. The highest BCUT2D eigenvalue weighted by Gasteiger charge is 2.23. The SMILES string of the molecule is CCNC(=NCc1cccc(F)c1)NCC1CCN(c2cccc(OC)c2)C1.I. The second kappa shape index (κ2) is 11.8. The lowest BCUT2D eigenvalue weighted by atomic mass is 10.1. The number of halogens is 2. The largest absolute Gasteiger partial charge is 0.497 e. The molecule has 0 saturated carbocycles. The van der Waals surface area contributed by atoms with Gasteiger partial charge in [0, 0.05) is 37.9 Å². The Balaban J connectivity index is 0.00000300. The number of guanidine groups is 1. The highest BCUT2D eigenvalue weighted by Crippen LogP contribution is 2.26. The van der Waals surface area contributed by atoms with Crippen molar-refractivity contribution in [3.8, 4) is 5.75 Å². The van der Waals surface area contributed by atoms with E-state index < -0.39 is 0 Å². The summed E-state index contributed by atoms with van der Waals surface area (Å²) in [5, 5.41) is 6.70. The van der Waals surface area contributed by atoms with Crippen molar-refractivity contribution in [3.05, 3.63) is 59.9 Å². The number of methoxy groups -OCH3 is 1. The number of hydrogen-bond acceptors (Lipinski definition) is 3. The minimum atomic E-state index is -0.228. The molecule has 158 valence electrons. The average Bonchev–Trinajstić information content (AvgIpc) is 3.19. The smallest absolute Gasteiger partial charge is 0.191 e. The molecule has 5 nitrogen and oxygen atoms in total. The van der Waals surface area contributed by atoms with Gasteiger partial charge >= 0.3 is 0 Å². The van der Waals surface area contributed by atoms with Crippen LogP contribution in [-0.2, 0) is 6.54 Å². The van der Waals surface area contributed by atoms with Gasteiger partial charge < -0.3 is 20.3 Å². The van der Waals surface area contributed by atoms with E-state index in [-0.39, 0.29) is 29.8 Å². The van der Waals surface area contributed by atoms with Gasteiger partial charge in [-0.25, -0.2) is 9.38 Å². The van der Waals surface area contributed by atoms with E-state index in [4.69, 9.17) is 4.74 Å². The van der Waals surface area contributed by atoms with E-state index in [1.165, 1.54) is 17.8 Å². The van der Waals surface area contributed by atoms with Crippen LogP contribution in [0.1, 0.15) is 18.9 Å². The number of nitrogens with zero attached hydrogens (tertiary/aromatic N) is 2. The van der Waals surface area contributed by atoms with E-state index in [1.807, 2.05) is 25.1 Å². The number of rotatable bonds is 7. The molecule has 29 heavy (non-hydrogen) atoms. The molecule has 1 saturated heterocycles. The zero-order valence-corrected chi connectivity index (χ0v) is 19.4. The van der Waals surface area contributed by atoms with Crippen LogP contribution in [0.3, 0.4) is 0 Å². The zero-order chi connectivity index (χ0) is 19.8. The van der Waals surface area contributed by atoms with Crippen LogP contribution in [0.2, 0.25) is 0 Å². The predicted molar refractivity (Wildman–Crippen MR) is 128 cm³/mol. The maximum atomic E-state index is 13.3. The molecule has 2 aromatic rings. The van der Waals surface area contributed by atoms with Crippen molar-refractivity contribution >= 4 is 35.6 Å². The molecule has 1 heterocycles. The second-order valence-corrected chi connectivity index (χ2v) is 7.01. The summed E-state index contributed by atoms with van der Waals surface area (Å²) in [5.74, 6) is 1.98. The summed E-state index contributed by atoms with van der Waals surface area (Å²) < 4.78 is 18.7. The van der Waals surface area contributed by atoms with Crippen LogP contribution in [0.25, 0.3) is 0 Å². The van der Waals surface area contributed by atoms with Crippen molar-refractivity contribution in [2.75, 3.05) is 38.2 Å². The number of benzene rings is 2. The van der Waals surface area contributed by atoms with Crippen LogP contribution in [0.4, 0.5) is 10.1 Å². The van der Waals surface area contributed by atoms with E-state index in [1.54, 1.807) is 13.2 Å². The molecule has 7 heteroatoms. The van der Waals surface area contributed by atoms with E-state index in [9.17, 15) is 4.39 Å². The third kappa shape index (κ3) is 7.06. The van der Waals surface area contributed by atoms with E-state index in [0.717, 1.165) is 49.9 Å². The van der Waals surface area contributed by atoms with Gasteiger partial charge in [-0.3, -0.25) is 0 Å². The summed E-state index contributed by atoms with van der Waals surface area (Å²) in [5.41, 5.74) is 2.07. The predicted octanol–water partition coefficient (Wildman–Crippen LogP) is 4.03. The molecule has 0 amide bonds. The maximum Gasteiger partial charge on any atom is 0.191 e. The molecule has 0 aromatic heterocycles. The molecule has 1 unspecified atom stereocenters. The number of anilines is 1. The minimum absolute atomic E-state index is 0. The first-order chi connectivity index (χ1) is 13.7. The Morgan fingerprint density at radius 2 is 2.03 bits per heavy atom. The molecule has 0 radical (unpaired) electrons. The van der Waals surface area contributed by atoms with Crippen LogP contribution >= 0.6 is 24.0 Å². The fourth-order valence-electron chi connectivity index (χ4n) is 3.43. The Labute approximate surface area is 189 Å². The summed E-state index contributed by atoms with van der Waals surface area (Å²) in [6.07, 6.45) is 1.13. The maximum absolute atomic E-state index is 13.3. The van der Waals surface area contributed by atoms with Crippen LogP contribution in [-0.4, -0.2) is 39.2 Å². The standard InChI is InChI=1S/C22H29FN4O.HI/c1-3-24-22(25-14-17-6-4-7-19(23)12-17)26-15-18-10-11-27(16-18)20-8-5-9-21(13-20)28-2;/h4-9,12-13,18H,3,10-11,14-16H2,1-2H3,(H2,24,25,26);1H. The normalized spacial score (nSPS) is 16.3. The third-order valence-electron chi connectivity index (χ3n) is 4.92. The van der Waals surface area contributed by atoms with Gasteiger partial charge in [-0.05, 0) is 49.1 Å². The molecule has 0 spiro atoms. The first-order valence-electron chi connectivity index (χ1n) is 9.83. The Hall–Kier alpha value is -2.03. The number of aliphatic imine (C=N–C) groups is 1. The summed E-state index contributed by atoms with van der Waals surface area (Å²) >= 11 is 0. The molecule has 2 aromatic carbocycles. The quantitative estimate of drug-likeness (QED) is 0.334. The highest BCUT2D eigenvalue weighted by atomic mass is 127. The number of hydrogen-bond donors (Lipinski definition) is 2. The van der Waals surface area contributed by atoms with Crippen molar-refractivity contribution in [1.82, 2.24) is 10.6 Å². The fraction of sp³-hybridized carbons (Fsp3) is 0.409. The molecule has 1 aliphatic heterocycles. The van der Waals surface area contributed by atoms with Crippen molar-refractivity contribution in [3.63, 3.8) is 0 Å².